The summed E-state index contributed by atoms with van der Waals surface area (Å²) in [6.45, 7) is 0.165. The van der Waals surface area contributed by atoms with Crippen LogP contribution in [-0.4, -0.2) is 39.7 Å². The molecule has 0 fully saturated rings. The number of fused-ring (bicyclic) bond motifs is 3. The average molecular weight is 487 g/mol. The number of carbonyl (C=O) groups is 3. The molecule has 2 aromatic heterocycles. The number of hydrogen-bond donors (Lipinski definition) is 3. The number of carboxylic acids is 1. The number of thiazole rings is 1. The molecule has 3 N–H and O–H groups in total. The molecule has 2 heterocycles. The number of hydrogen-bond acceptors (Lipinski definition) is 7. The molecule has 0 saturated heterocycles. The van der Waals surface area contributed by atoms with Gasteiger partial charge in [0.25, 0.3) is 5.91 Å². The molecular weight excluding hydrogens is 468 g/mol. The van der Waals surface area contributed by atoms with Crippen molar-refractivity contribution < 1.29 is 24.2 Å². The zero-order chi connectivity index (χ0) is 24.4. The van der Waals surface area contributed by atoms with E-state index in [0.29, 0.717) is 5.69 Å². The average Bonchev–Trinajstić information content (AvgIpc) is 3.46. The van der Waals surface area contributed by atoms with Crippen LogP contribution in [0.1, 0.15) is 37.2 Å². The van der Waals surface area contributed by atoms with Crippen molar-refractivity contribution in [2.24, 2.45) is 0 Å². The first-order valence-corrected chi connectivity index (χ1v) is 11.4. The Morgan fingerprint density at radius 2 is 1.57 bits per heavy atom. The first-order chi connectivity index (χ1) is 17.0. The molecular formula is C25H18N4O5S. The number of amides is 2. The van der Waals surface area contributed by atoms with Crippen molar-refractivity contribution in [2.75, 3.05) is 17.2 Å². The van der Waals surface area contributed by atoms with Gasteiger partial charge in [0, 0.05) is 5.92 Å². The van der Waals surface area contributed by atoms with E-state index < -0.39 is 18.0 Å². The molecule has 2 aromatic carbocycles. The minimum Gasteiger partial charge on any atom is -0.477 e. The number of aromatic nitrogens is 2. The third kappa shape index (κ3) is 4.59. The van der Waals surface area contributed by atoms with Crippen LogP contribution in [0, 0.1) is 0 Å². The first kappa shape index (κ1) is 22.2. The molecule has 174 valence electrons. The van der Waals surface area contributed by atoms with Gasteiger partial charge in [-0.1, -0.05) is 59.9 Å². The molecule has 0 radical (unpaired) electrons. The van der Waals surface area contributed by atoms with Gasteiger partial charge in [-0.25, -0.2) is 19.6 Å². The minimum absolute atomic E-state index is 0.0630. The summed E-state index contributed by atoms with van der Waals surface area (Å²) >= 11 is 0.982. The smallest absolute Gasteiger partial charge is 0.413 e. The SMILES string of the molecule is O=C(Nc1ncc(C(=O)Nc2ccc(C(=O)O)nc2)s1)OCC1c2ccccc2-c2ccccc21. The van der Waals surface area contributed by atoms with E-state index in [1.54, 1.807) is 0 Å². The van der Waals surface area contributed by atoms with Crippen LogP contribution in [0.5, 0.6) is 0 Å². The van der Waals surface area contributed by atoms with Crippen molar-refractivity contribution in [3.63, 3.8) is 0 Å². The van der Waals surface area contributed by atoms with Crippen molar-refractivity contribution in [3.8, 4) is 11.1 Å². The number of nitrogens with one attached hydrogen (secondary N) is 2. The van der Waals surface area contributed by atoms with Gasteiger partial charge >= 0.3 is 12.1 Å². The second-order valence-corrected chi connectivity index (χ2v) is 8.70. The summed E-state index contributed by atoms with van der Waals surface area (Å²) in [6, 6.07) is 18.8. The van der Waals surface area contributed by atoms with Gasteiger partial charge in [0.15, 0.2) is 5.13 Å². The van der Waals surface area contributed by atoms with E-state index in [1.165, 1.54) is 24.5 Å². The van der Waals surface area contributed by atoms with E-state index in [1.807, 2.05) is 36.4 Å². The number of ether oxygens (including phenoxy) is 1. The molecule has 10 heteroatoms. The van der Waals surface area contributed by atoms with Gasteiger partial charge < -0.3 is 15.2 Å². The maximum Gasteiger partial charge on any atom is 0.413 e. The number of aromatic carboxylic acids is 1. The lowest BCUT2D eigenvalue weighted by molar-refractivity contribution is 0.0690. The van der Waals surface area contributed by atoms with Crippen LogP contribution in [0.2, 0.25) is 0 Å². The number of carboxylic acid groups (broad SMARTS) is 1. The molecule has 0 aliphatic heterocycles. The molecule has 1 aliphatic carbocycles. The molecule has 0 atom stereocenters. The zero-order valence-corrected chi connectivity index (χ0v) is 18.9. The van der Waals surface area contributed by atoms with Crippen LogP contribution >= 0.6 is 11.3 Å². The Kier molecular flexibility index (Phi) is 5.94. The molecule has 0 saturated carbocycles. The van der Waals surface area contributed by atoms with E-state index in [-0.39, 0.29) is 28.2 Å². The number of nitrogens with zero attached hydrogens (tertiary/aromatic N) is 2. The van der Waals surface area contributed by atoms with Crippen LogP contribution in [0.4, 0.5) is 15.6 Å². The van der Waals surface area contributed by atoms with Gasteiger partial charge in [0.05, 0.1) is 18.1 Å². The minimum atomic E-state index is -1.16. The van der Waals surface area contributed by atoms with Crippen molar-refractivity contribution in [1.82, 2.24) is 9.97 Å². The molecule has 0 bridgehead atoms. The molecule has 0 spiro atoms. The summed E-state index contributed by atoms with van der Waals surface area (Å²) in [4.78, 5) is 43.8. The van der Waals surface area contributed by atoms with Gasteiger partial charge in [0.1, 0.15) is 17.2 Å². The molecule has 35 heavy (non-hydrogen) atoms. The topological polar surface area (TPSA) is 131 Å². The second-order valence-electron chi connectivity index (χ2n) is 7.67. The molecule has 5 rings (SSSR count). The fourth-order valence-electron chi connectivity index (χ4n) is 3.95. The molecule has 4 aromatic rings. The fourth-order valence-corrected chi connectivity index (χ4v) is 4.64. The fraction of sp³-hybridized carbons (Fsp3) is 0.0800. The third-order valence-corrected chi connectivity index (χ3v) is 6.43. The monoisotopic (exact) mass is 486 g/mol. The standard InChI is InChI=1S/C25H18N4O5S/c30-22(28-14-9-10-20(23(31)32)26-11-14)21-12-27-24(35-21)29-25(33)34-13-19-17-7-3-1-5-15(17)16-6-2-4-8-18(16)19/h1-12,19H,13H2,(H,28,30)(H,31,32)(H,27,29,33). The highest BCUT2D eigenvalue weighted by Gasteiger charge is 2.29. The van der Waals surface area contributed by atoms with Crippen LogP contribution < -0.4 is 10.6 Å². The Balaban J connectivity index is 1.19. The predicted octanol–water partition coefficient (Wildman–Crippen LogP) is 4.85. The highest BCUT2D eigenvalue weighted by molar-refractivity contribution is 7.17. The number of rotatable bonds is 6. The maximum absolute atomic E-state index is 12.4. The Labute approximate surface area is 203 Å². The molecule has 2 amide bonds. The summed E-state index contributed by atoms with van der Waals surface area (Å²) < 4.78 is 5.50. The lowest BCUT2D eigenvalue weighted by Crippen LogP contribution is -2.17. The van der Waals surface area contributed by atoms with E-state index in [9.17, 15) is 14.4 Å². The Morgan fingerprint density at radius 3 is 2.20 bits per heavy atom. The summed E-state index contributed by atoms with van der Waals surface area (Å²) in [7, 11) is 0. The maximum atomic E-state index is 12.4. The van der Waals surface area contributed by atoms with Gasteiger partial charge in [-0.2, -0.15) is 0 Å². The largest absolute Gasteiger partial charge is 0.477 e. The van der Waals surface area contributed by atoms with Gasteiger partial charge in [0.2, 0.25) is 0 Å². The summed E-state index contributed by atoms with van der Waals surface area (Å²) in [5, 5.41) is 14.3. The number of anilines is 2. The number of pyridine rings is 1. The number of benzene rings is 2. The number of carbonyl (C=O) groups excluding carboxylic acids is 2. The Bertz CT molecular complexity index is 1390. The first-order valence-electron chi connectivity index (χ1n) is 10.6. The van der Waals surface area contributed by atoms with Crippen LogP contribution in [-0.2, 0) is 4.74 Å². The highest BCUT2D eigenvalue weighted by Crippen LogP contribution is 2.44. The zero-order valence-electron chi connectivity index (χ0n) is 18.1. The van der Waals surface area contributed by atoms with E-state index >= 15 is 0 Å². The summed E-state index contributed by atoms with van der Waals surface area (Å²) in [5.74, 6) is -1.69. The lowest BCUT2D eigenvalue weighted by Gasteiger charge is -2.14. The van der Waals surface area contributed by atoms with E-state index in [4.69, 9.17) is 9.84 Å². The van der Waals surface area contributed by atoms with Crippen molar-refractivity contribution >= 4 is 40.1 Å². The lowest BCUT2D eigenvalue weighted by atomic mass is 9.98. The van der Waals surface area contributed by atoms with Crippen LogP contribution in [0.25, 0.3) is 11.1 Å². The Morgan fingerprint density at radius 1 is 0.886 bits per heavy atom. The molecule has 9 nitrogen and oxygen atoms in total. The van der Waals surface area contributed by atoms with Gasteiger partial charge in [-0.05, 0) is 34.4 Å². The summed E-state index contributed by atoms with van der Waals surface area (Å²) in [5.41, 5.74) is 4.71. The van der Waals surface area contributed by atoms with Crippen molar-refractivity contribution in [1.29, 1.82) is 0 Å². The predicted molar refractivity (Wildman–Crippen MR) is 130 cm³/mol. The van der Waals surface area contributed by atoms with Crippen molar-refractivity contribution in [2.45, 2.75) is 5.92 Å². The van der Waals surface area contributed by atoms with Crippen LogP contribution in [0.15, 0.2) is 73.1 Å². The highest BCUT2D eigenvalue weighted by atomic mass is 32.1. The third-order valence-electron chi connectivity index (χ3n) is 5.52. The quantitative estimate of drug-likeness (QED) is 0.355. The van der Waals surface area contributed by atoms with E-state index in [2.05, 4.69) is 32.7 Å². The van der Waals surface area contributed by atoms with Gasteiger partial charge in [-0.3, -0.25) is 10.1 Å². The van der Waals surface area contributed by atoms with Crippen LogP contribution in [0.3, 0.4) is 0 Å². The molecule has 1 aliphatic rings. The van der Waals surface area contributed by atoms with E-state index in [0.717, 1.165) is 33.6 Å². The van der Waals surface area contributed by atoms with Gasteiger partial charge in [-0.15, -0.1) is 0 Å². The normalized spacial score (nSPS) is 11.9. The second kappa shape index (κ2) is 9.35. The summed E-state index contributed by atoms with van der Waals surface area (Å²) in [6.07, 6.45) is 1.91. The van der Waals surface area contributed by atoms with Crippen molar-refractivity contribution in [3.05, 3.63) is 94.8 Å². The Hall–Kier alpha value is -4.57. The molecule has 0 unspecified atom stereocenters.